The minimum Gasteiger partial charge on any atom is -0.504 e. The molecule has 0 aromatic heterocycles. The number of halogens is 1. The normalized spacial score (nSPS) is 17.5. The van der Waals surface area contributed by atoms with Crippen LogP contribution in [-0.4, -0.2) is 54.7 Å². The van der Waals surface area contributed by atoms with Gasteiger partial charge < -0.3 is 14.7 Å². The highest BCUT2D eigenvalue weighted by atomic mass is 19.1. The lowest BCUT2D eigenvalue weighted by Crippen LogP contribution is -2.36. The second-order valence-corrected chi connectivity index (χ2v) is 7.66. The van der Waals surface area contributed by atoms with Gasteiger partial charge in [0.05, 0.1) is 13.3 Å². The summed E-state index contributed by atoms with van der Waals surface area (Å²) < 4.78 is 20.3. The van der Waals surface area contributed by atoms with Crippen LogP contribution in [0.25, 0.3) is 0 Å². The first-order valence-electron chi connectivity index (χ1n) is 10.5. The fraction of sp³-hybridized carbons (Fsp3) is 0.320. The van der Waals surface area contributed by atoms with Crippen molar-refractivity contribution in [3.8, 4) is 5.75 Å². The van der Waals surface area contributed by atoms with Gasteiger partial charge in [0.1, 0.15) is 11.6 Å². The fourth-order valence-electron chi connectivity index (χ4n) is 4.23. The van der Waals surface area contributed by atoms with Crippen molar-refractivity contribution >= 4 is 17.9 Å². The molecule has 0 spiro atoms. The highest BCUT2D eigenvalue weighted by Crippen LogP contribution is 2.39. The standard InChI is InChI=1S/C25H27FN2O4/c1-27-16-23(30)22(29)15-25(31)28-13-7-8-17(28)14-20(18-9-3-5-11-21(18)26)19-10-4-6-12-24(19)32-2/h3-6,9-12,15-17,20,29H,7-8,13-14H2,1-2H3/b22-15-,27-16-/t17-,20+/m1/s1. The van der Waals surface area contributed by atoms with Gasteiger partial charge in [-0.1, -0.05) is 36.4 Å². The van der Waals surface area contributed by atoms with Crippen molar-refractivity contribution in [2.75, 3.05) is 20.7 Å². The Morgan fingerprint density at radius 2 is 1.91 bits per heavy atom. The van der Waals surface area contributed by atoms with Crippen LogP contribution in [0.15, 0.2) is 65.4 Å². The Bertz CT molecular complexity index is 1030. The number of carbonyl (C=O) groups is 2. The van der Waals surface area contributed by atoms with E-state index in [9.17, 15) is 19.1 Å². The average Bonchev–Trinajstić information content (AvgIpc) is 3.26. The van der Waals surface area contributed by atoms with E-state index in [1.54, 1.807) is 30.2 Å². The summed E-state index contributed by atoms with van der Waals surface area (Å²) >= 11 is 0. The van der Waals surface area contributed by atoms with E-state index in [1.807, 2.05) is 24.3 Å². The molecule has 0 bridgehead atoms. The number of hydrogen-bond donors (Lipinski definition) is 1. The number of aliphatic hydroxyl groups excluding tert-OH is 1. The highest BCUT2D eigenvalue weighted by molar-refractivity contribution is 6.34. The van der Waals surface area contributed by atoms with Crippen LogP contribution in [0.2, 0.25) is 0 Å². The van der Waals surface area contributed by atoms with E-state index in [-0.39, 0.29) is 17.8 Å². The van der Waals surface area contributed by atoms with Gasteiger partial charge in [-0.3, -0.25) is 14.6 Å². The monoisotopic (exact) mass is 438 g/mol. The Morgan fingerprint density at radius 1 is 1.22 bits per heavy atom. The molecule has 1 amide bonds. The third kappa shape index (κ3) is 5.22. The molecule has 0 saturated carbocycles. The first-order valence-corrected chi connectivity index (χ1v) is 10.5. The van der Waals surface area contributed by atoms with Crippen LogP contribution in [0, 0.1) is 5.82 Å². The van der Waals surface area contributed by atoms with E-state index in [1.165, 1.54) is 13.1 Å². The number of aliphatic imine (C=N–C) groups is 1. The van der Waals surface area contributed by atoms with Crippen molar-refractivity contribution in [2.45, 2.75) is 31.2 Å². The predicted octanol–water partition coefficient (Wildman–Crippen LogP) is 4.06. The molecular weight excluding hydrogens is 411 g/mol. The van der Waals surface area contributed by atoms with Crippen LogP contribution < -0.4 is 4.74 Å². The number of ketones is 1. The third-order valence-electron chi connectivity index (χ3n) is 5.72. The molecule has 1 fully saturated rings. The van der Waals surface area contributed by atoms with E-state index in [2.05, 4.69) is 4.99 Å². The molecule has 7 heteroatoms. The molecule has 1 aliphatic heterocycles. The van der Waals surface area contributed by atoms with Crippen molar-refractivity contribution in [1.82, 2.24) is 4.90 Å². The molecule has 6 nitrogen and oxygen atoms in total. The van der Waals surface area contributed by atoms with Crippen LogP contribution in [0.4, 0.5) is 4.39 Å². The molecule has 2 atom stereocenters. The van der Waals surface area contributed by atoms with E-state index < -0.39 is 17.4 Å². The predicted molar refractivity (Wildman–Crippen MR) is 121 cm³/mol. The lowest BCUT2D eigenvalue weighted by atomic mass is 9.84. The zero-order chi connectivity index (χ0) is 23.1. The number of para-hydroxylation sites is 1. The summed E-state index contributed by atoms with van der Waals surface area (Å²) in [6.45, 7) is 0.499. The van der Waals surface area contributed by atoms with Gasteiger partial charge in [0.15, 0.2) is 5.76 Å². The summed E-state index contributed by atoms with van der Waals surface area (Å²) in [4.78, 5) is 29.7. The van der Waals surface area contributed by atoms with Gasteiger partial charge in [0.2, 0.25) is 5.78 Å². The first kappa shape index (κ1) is 23.2. The Labute approximate surface area is 187 Å². The van der Waals surface area contributed by atoms with Gasteiger partial charge in [0, 0.05) is 37.2 Å². The van der Waals surface area contributed by atoms with Gasteiger partial charge in [-0.25, -0.2) is 4.39 Å². The van der Waals surface area contributed by atoms with Crippen molar-refractivity contribution < 1.29 is 23.8 Å². The molecule has 1 aliphatic rings. The number of aliphatic hydroxyl groups is 1. The minimum atomic E-state index is -0.727. The van der Waals surface area contributed by atoms with E-state index in [4.69, 9.17) is 4.74 Å². The first-order chi connectivity index (χ1) is 15.5. The van der Waals surface area contributed by atoms with Gasteiger partial charge >= 0.3 is 0 Å². The molecule has 0 aliphatic carbocycles. The topological polar surface area (TPSA) is 79.2 Å². The molecule has 1 saturated heterocycles. The molecule has 32 heavy (non-hydrogen) atoms. The summed E-state index contributed by atoms with van der Waals surface area (Å²) in [7, 11) is 2.98. The molecule has 2 aromatic carbocycles. The molecule has 1 N–H and O–H groups in total. The number of allylic oxidation sites excluding steroid dienone is 1. The maximum Gasteiger partial charge on any atom is 0.250 e. The zero-order valence-electron chi connectivity index (χ0n) is 18.2. The molecular formula is C25H27FN2O4. The van der Waals surface area contributed by atoms with Gasteiger partial charge in [-0.15, -0.1) is 0 Å². The Hall–Kier alpha value is -3.48. The average molecular weight is 438 g/mol. The number of hydrogen-bond acceptors (Lipinski definition) is 5. The van der Waals surface area contributed by atoms with Crippen molar-refractivity contribution in [2.24, 2.45) is 4.99 Å². The molecule has 3 rings (SSSR count). The summed E-state index contributed by atoms with van der Waals surface area (Å²) in [6, 6.07) is 13.9. The molecule has 0 radical (unpaired) electrons. The Morgan fingerprint density at radius 3 is 2.59 bits per heavy atom. The van der Waals surface area contributed by atoms with Crippen molar-refractivity contribution in [3.63, 3.8) is 0 Å². The lowest BCUT2D eigenvalue weighted by molar-refractivity contribution is -0.127. The van der Waals surface area contributed by atoms with Crippen LogP contribution in [-0.2, 0) is 9.59 Å². The number of nitrogens with zero attached hydrogens (tertiary/aromatic N) is 2. The number of carbonyl (C=O) groups excluding carboxylic acids is 2. The quantitative estimate of drug-likeness (QED) is 0.383. The summed E-state index contributed by atoms with van der Waals surface area (Å²) in [5, 5.41) is 9.92. The molecule has 0 unspecified atom stereocenters. The summed E-state index contributed by atoms with van der Waals surface area (Å²) in [5.74, 6) is -1.83. The van der Waals surface area contributed by atoms with Crippen molar-refractivity contribution in [3.05, 3.63) is 77.3 Å². The lowest BCUT2D eigenvalue weighted by Gasteiger charge is -2.29. The molecule has 1 heterocycles. The summed E-state index contributed by atoms with van der Waals surface area (Å²) in [6.07, 6.45) is 3.89. The van der Waals surface area contributed by atoms with Crippen molar-refractivity contribution in [1.29, 1.82) is 0 Å². The number of methoxy groups -OCH3 is 1. The van der Waals surface area contributed by atoms with Crippen LogP contribution in [0.1, 0.15) is 36.3 Å². The maximum absolute atomic E-state index is 14.8. The number of likely N-dealkylation sites (tertiary alicyclic amines) is 1. The Kier molecular flexibility index (Phi) is 7.76. The molecule has 2 aromatic rings. The maximum atomic E-state index is 14.8. The van der Waals surface area contributed by atoms with Gasteiger partial charge in [-0.05, 0) is 37.0 Å². The summed E-state index contributed by atoms with van der Waals surface area (Å²) in [5.41, 5.74) is 1.37. The van der Waals surface area contributed by atoms with Crippen LogP contribution in [0.5, 0.6) is 5.75 Å². The highest BCUT2D eigenvalue weighted by Gasteiger charge is 2.33. The second kappa shape index (κ2) is 10.7. The number of amides is 1. The van der Waals surface area contributed by atoms with E-state index in [0.717, 1.165) is 30.7 Å². The van der Waals surface area contributed by atoms with Gasteiger partial charge in [-0.2, -0.15) is 0 Å². The largest absolute Gasteiger partial charge is 0.504 e. The second-order valence-electron chi connectivity index (χ2n) is 7.66. The van der Waals surface area contributed by atoms with Crippen LogP contribution in [0.3, 0.4) is 0 Å². The molecule has 168 valence electrons. The zero-order valence-corrected chi connectivity index (χ0v) is 18.2. The van der Waals surface area contributed by atoms with E-state index >= 15 is 0 Å². The third-order valence-corrected chi connectivity index (χ3v) is 5.72. The Balaban J connectivity index is 1.92. The van der Waals surface area contributed by atoms with Gasteiger partial charge in [0.25, 0.3) is 5.91 Å². The number of rotatable bonds is 8. The number of benzene rings is 2. The van der Waals surface area contributed by atoms with E-state index in [0.29, 0.717) is 24.3 Å². The number of ether oxygens (including phenoxy) is 1. The smallest absolute Gasteiger partial charge is 0.250 e. The number of Topliss-reactive ketones (excluding diaryl/α,β-unsaturated/α-hetero) is 1. The van der Waals surface area contributed by atoms with Crippen LogP contribution >= 0.6 is 0 Å². The SMILES string of the molecule is C/N=C\C(=O)/C(O)=C/C(=O)N1CCC[C@@H]1C[C@@H](c1ccccc1F)c1ccccc1OC. The minimum absolute atomic E-state index is 0.184. The fourth-order valence-corrected chi connectivity index (χ4v) is 4.23.